The van der Waals surface area contributed by atoms with E-state index in [-0.39, 0.29) is 17.4 Å². The molecule has 5 nitrogen and oxygen atoms in total. The van der Waals surface area contributed by atoms with Crippen LogP contribution in [0.5, 0.6) is 0 Å². The molecule has 2 rings (SSSR count). The molecular formula is C15H23N3O2. The molecule has 2 unspecified atom stereocenters. The number of nitrogens with one attached hydrogen (secondary N) is 2. The van der Waals surface area contributed by atoms with Crippen LogP contribution in [0.1, 0.15) is 37.7 Å². The topological polar surface area (TPSA) is 63.2 Å². The highest BCUT2D eigenvalue weighted by Gasteiger charge is 2.48. The average Bonchev–Trinajstić information content (AvgIpc) is 2.43. The fraction of sp³-hybridized carbons (Fsp3) is 0.600. The normalized spacial score (nSPS) is 23.8. The Kier molecular flexibility index (Phi) is 4.28. The SMILES string of the molecule is CCNC(=O)c1cc(NC2CC(OC)C2(C)C)ccn1. The van der Waals surface area contributed by atoms with Gasteiger partial charge in [-0.05, 0) is 25.5 Å². The fourth-order valence-electron chi connectivity index (χ4n) is 2.63. The molecule has 20 heavy (non-hydrogen) atoms. The summed E-state index contributed by atoms with van der Waals surface area (Å²) >= 11 is 0. The van der Waals surface area contributed by atoms with Crippen molar-refractivity contribution in [2.45, 2.75) is 39.3 Å². The number of aromatic nitrogens is 1. The summed E-state index contributed by atoms with van der Waals surface area (Å²) in [4.78, 5) is 15.9. The molecule has 110 valence electrons. The zero-order valence-corrected chi connectivity index (χ0v) is 12.6. The van der Waals surface area contributed by atoms with Crippen molar-refractivity contribution in [2.24, 2.45) is 5.41 Å². The van der Waals surface area contributed by atoms with Gasteiger partial charge in [-0.1, -0.05) is 13.8 Å². The highest BCUT2D eigenvalue weighted by Crippen LogP contribution is 2.43. The Hall–Kier alpha value is -1.62. The number of methoxy groups -OCH3 is 1. The van der Waals surface area contributed by atoms with Gasteiger partial charge in [0.05, 0.1) is 6.10 Å². The molecule has 0 spiro atoms. The van der Waals surface area contributed by atoms with Gasteiger partial charge in [0.25, 0.3) is 5.91 Å². The van der Waals surface area contributed by atoms with E-state index in [1.807, 2.05) is 13.0 Å². The summed E-state index contributed by atoms with van der Waals surface area (Å²) in [6, 6.07) is 4.03. The number of anilines is 1. The van der Waals surface area contributed by atoms with E-state index in [0.29, 0.717) is 18.3 Å². The predicted octanol–water partition coefficient (Wildman–Crippen LogP) is 2.06. The summed E-state index contributed by atoms with van der Waals surface area (Å²) in [5.41, 5.74) is 1.45. The molecule has 1 fully saturated rings. The molecule has 1 aromatic heterocycles. The molecule has 1 aromatic rings. The van der Waals surface area contributed by atoms with E-state index in [1.165, 1.54) is 0 Å². The minimum absolute atomic E-state index is 0.0872. The number of amides is 1. The smallest absolute Gasteiger partial charge is 0.269 e. The van der Waals surface area contributed by atoms with Crippen molar-refractivity contribution < 1.29 is 9.53 Å². The van der Waals surface area contributed by atoms with Crippen LogP contribution in [-0.4, -0.2) is 36.7 Å². The number of hydrogen-bond donors (Lipinski definition) is 2. The van der Waals surface area contributed by atoms with Crippen molar-refractivity contribution in [1.82, 2.24) is 10.3 Å². The van der Waals surface area contributed by atoms with Gasteiger partial charge in [-0.25, -0.2) is 0 Å². The van der Waals surface area contributed by atoms with Crippen LogP contribution < -0.4 is 10.6 Å². The second kappa shape index (κ2) is 5.79. The van der Waals surface area contributed by atoms with Gasteiger partial charge >= 0.3 is 0 Å². The van der Waals surface area contributed by atoms with Crippen LogP contribution in [0.3, 0.4) is 0 Å². The minimum atomic E-state index is -0.140. The van der Waals surface area contributed by atoms with Gasteiger partial charge in [0.1, 0.15) is 5.69 Å². The molecule has 0 bridgehead atoms. The highest BCUT2D eigenvalue weighted by atomic mass is 16.5. The van der Waals surface area contributed by atoms with Gasteiger partial charge < -0.3 is 15.4 Å². The summed E-state index contributed by atoms with van der Waals surface area (Å²) in [5, 5.41) is 6.22. The number of hydrogen-bond acceptors (Lipinski definition) is 4. The third-order valence-corrected chi connectivity index (χ3v) is 4.13. The van der Waals surface area contributed by atoms with Crippen LogP contribution in [0.15, 0.2) is 18.3 Å². The first-order chi connectivity index (χ1) is 9.48. The first-order valence-electron chi connectivity index (χ1n) is 7.02. The largest absolute Gasteiger partial charge is 0.381 e. The Labute approximate surface area is 120 Å². The number of carbonyl (C=O) groups is 1. The number of pyridine rings is 1. The Balaban J connectivity index is 2.04. The van der Waals surface area contributed by atoms with Crippen molar-refractivity contribution in [3.05, 3.63) is 24.0 Å². The Morgan fingerprint density at radius 2 is 2.30 bits per heavy atom. The molecule has 2 N–H and O–H groups in total. The molecular weight excluding hydrogens is 254 g/mol. The van der Waals surface area contributed by atoms with Crippen LogP contribution in [-0.2, 0) is 4.74 Å². The van der Waals surface area contributed by atoms with Gasteiger partial charge in [-0.2, -0.15) is 0 Å². The number of carbonyl (C=O) groups excluding carboxylic acids is 1. The zero-order chi connectivity index (χ0) is 14.8. The first-order valence-corrected chi connectivity index (χ1v) is 7.02. The maximum absolute atomic E-state index is 11.8. The zero-order valence-electron chi connectivity index (χ0n) is 12.6. The molecule has 1 aliphatic rings. The summed E-state index contributed by atoms with van der Waals surface area (Å²) in [5.74, 6) is -0.140. The van der Waals surface area contributed by atoms with Gasteiger partial charge in [0, 0.05) is 37.0 Å². The minimum Gasteiger partial charge on any atom is -0.381 e. The number of nitrogens with zero attached hydrogens (tertiary/aromatic N) is 1. The molecule has 5 heteroatoms. The van der Waals surface area contributed by atoms with Crippen LogP contribution in [0.4, 0.5) is 5.69 Å². The third kappa shape index (κ3) is 2.77. The molecule has 0 aliphatic heterocycles. The lowest BCUT2D eigenvalue weighted by Gasteiger charge is -2.51. The molecule has 0 aromatic carbocycles. The summed E-state index contributed by atoms with van der Waals surface area (Å²) in [7, 11) is 1.75. The van der Waals surface area contributed by atoms with Crippen LogP contribution >= 0.6 is 0 Å². The van der Waals surface area contributed by atoms with Crippen molar-refractivity contribution in [3.8, 4) is 0 Å². The van der Waals surface area contributed by atoms with Crippen molar-refractivity contribution >= 4 is 11.6 Å². The second-order valence-corrected chi connectivity index (χ2v) is 5.77. The first kappa shape index (κ1) is 14.8. The third-order valence-electron chi connectivity index (χ3n) is 4.13. The quantitative estimate of drug-likeness (QED) is 0.864. The lowest BCUT2D eigenvalue weighted by Crippen LogP contribution is -2.57. The van der Waals surface area contributed by atoms with Crippen LogP contribution in [0.25, 0.3) is 0 Å². The van der Waals surface area contributed by atoms with Crippen molar-refractivity contribution in [3.63, 3.8) is 0 Å². The van der Waals surface area contributed by atoms with Gasteiger partial charge in [-0.3, -0.25) is 9.78 Å². The average molecular weight is 277 g/mol. The molecule has 0 saturated heterocycles. The molecule has 1 heterocycles. The van der Waals surface area contributed by atoms with E-state index >= 15 is 0 Å². The number of rotatable bonds is 5. The maximum atomic E-state index is 11.8. The van der Waals surface area contributed by atoms with Gasteiger partial charge in [0.15, 0.2) is 0 Å². The second-order valence-electron chi connectivity index (χ2n) is 5.77. The Morgan fingerprint density at radius 1 is 1.55 bits per heavy atom. The van der Waals surface area contributed by atoms with E-state index in [9.17, 15) is 4.79 Å². The molecule has 2 atom stereocenters. The predicted molar refractivity (Wildman–Crippen MR) is 78.8 cm³/mol. The van der Waals surface area contributed by atoms with E-state index < -0.39 is 0 Å². The molecule has 1 amide bonds. The van der Waals surface area contributed by atoms with Crippen LogP contribution in [0.2, 0.25) is 0 Å². The molecule has 1 aliphatic carbocycles. The van der Waals surface area contributed by atoms with Gasteiger partial charge in [0.2, 0.25) is 0 Å². The molecule has 1 saturated carbocycles. The Bertz CT molecular complexity index is 488. The molecule has 0 radical (unpaired) electrons. The summed E-state index contributed by atoms with van der Waals surface area (Å²) in [6.45, 7) is 6.87. The standard InChI is InChI=1S/C15H23N3O2/c1-5-16-14(19)11-8-10(6-7-17-11)18-12-9-13(20-4)15(12,2)3/h6-8,12-13H,5,9H2,1-4H3,(H,16,19)(H,17,18). The van der Waals surface area contributed by atoms with Crippen molar-refractivity contribution in [1.29, 1.82) is 0 Å². The lowest BCUT2D eigenvalue weighted by atomic mass is 9.64. The monoisotopic (exact) mass is 277 g/mol. The fourth-order valence-corrected chi connectivity index (χ4v) is 2.63. The highest BCUT2D eigenvalue weighted by molar-refractivity contribution is 5.93. The Morgan fingerprint density at radius 3 is 2.90 bits per heavy atom. The number of ether oxygens (including phenoxy) is 1. The van der Waals surface area contributed by atoms with Crippen LogP contribution in [0, 0.1) is 5.41 Å². The van der Waals surface area contributed by atoms with E-state index in [0.717, 1.165) is 12.1 Å². The van der Waals surface area contributed by atoms with Gasteiger partial charge in [-0.15, -0.1) is 0 Å². The van der Waals surface area contributed by atoms with E-state index in [1.54, 1.807) is 19.4 Å². The lowest BCUT2D eigenvalue weighted by molar-refractivity contribution is -0.0794. The summed E-state index contributed by atoms with van der Waals surface area (Å²) in [6.07, 6.45) is 2.92. The summed E-state index contributed by atoms with van der Waals surface area (Å²) < 4.78 is 5.45. The van der Waals surface area contributed by atoms with Crippen molar-refractivity contribution in [2.75, 3.05) is 19.0 Å². The van der Waals surface area contributed by atoms with E-state index in [4.69, 9.17) is 4.74 Å². The maximum Gasteiger partial charge on any atom is 0.269 e. The van der Waals surface area contributed by atoms with E-state index in [2.05, 4.69) is 29.5 Å².